The Hall–Kier alpha value is -1.62. The summed E-state index contributed by atoms with van der Waals surface area (Å²) in [6.45, 7) is 0. The summed E-state index contributed by atoms with van der Waals surface area (Å²) in [5, 5.41) is 11.7. The van der Waals surface area contributed by atoms with Crippen LogP contribution < -0.4 is 5.32 Å². The van der Waals surface area contributed by atoms with Crippen LogP contribution in [-0.2, 0) is 4.79 Å². The van der Waals surface area contributed by atoms with E-state index in [1.807, 2.05) is 0 Å². The maximum Gasteiger partial charge on any atom is 0.328 e. The molecule has 0 unspecified atom stereocenters. The Kier molecular flexibility index (Phi) is 5.35. The van der Waals surface area contributed by atoms with Gasteiger partial charge in [0.2, 0.25) is 0 Å². The van der Waals surface area contributed by atoms with Gasteiger partial charge in [0.1, 0.15) is 0 Å². The van der Waals surface area contributed by atoms with Gasteiger partial charge in [0.05, 0.1) is 4.88 Å². The summed E-state index contributed by atoms with van der Waals surface area (Å²) >= 11 is 1.31. The number of carbonyl (C=O) groups is 2. The van der Waals surface area contributed by atoms with E-state index in [9.17, 15) is 9.59 Å². The molecule has 0 bridgehead atoms. The summed E-state index contributed by atoms with van der Waals surface area (Å²) < 4.78 is 0. The van der Waals surface area contributed by atoms with Crippen LogP contribution in [0.4, 0.5) is 0 Å². The van der Waals surface area contributed by atoms with E-state index >= 15 is 0 Å². The van der Waals surface area contributed by atoms with Crippen LogP contribution >= 0.6 is 11.3 Å². The molecule has 1 heterocycles. The second-order valence-electron chi connectivity index (χ2n) is 5.04. The number of hydrogen-bond acceptors (Lipinski definition) is 3. The van der Waals surface area contributed by atoms with Crippen LogP contribution in [-0.4, -0.2) is 23.0 Å². The van der Waals surface area contributed by atoms with Crippen LogP contribution in [0.2, 0.25) is 0 Å². The highest BCUT2D eigenvalue weighted by atomic mass is 32.1. The molecular weight excluding hydrogens is 274 g/mol. The van der Waals surface area contributed by atoms with Crippen molar-refractivity contribution in [3.63, 3.8) is 0 Å². The predicted octanol–water partition coefficient (Wildman–Crippen LogP) is 3.30. The van der Waals surface area contributed by atoms with E-state index in [1.165, 1.54) is 43.1 Å². The Morgan fingerprint density at radius 1 is 1.20 bits per heavy atom. The minimum absolute atomic E-state index is 0.0446. The van der Waals surface area contributed by atoms with Gasteiger partial charge in [0, 0.05) is 17.0 Å². The number of amides is 1. The van der Waals surface area contributed by atoms with Gasteiger partial charge in [-0.25, -0.2) is 4.79 Å². The van der Waals surface area contributed by atoms with Crippen LogP contribution in [0.1, 0.15) is 53.1 Å². The number of carboxylic acids is 1. The second kappa shape index (κ2) is 7.24. The normalized spacial score (nSPS) is 17.0. The van der Waals surface area contributed by atoms with Crippen LogP contribution in [0, 0.1) is 0 Å². The van der Waals surface area contributed by atoms with Gasteiger partial charge < -0.3 is 10.4 Å². The SMILES string of the molecule is O=C(O)C=Cc1ccc(C(=O)NC2CCCCCC2)s1. The molecule has 0 aromatic carbocycles. The van der Waals surface area contributed by atoms with Gasteiger partial charge in [0.25, 0.3) is 5.91 Å². The van der Waals surface area contributed by atoms with Crippen molar-refractivity contribution < 1.29 is 14.7 Å². The molecule has 1 aromatic rings. The van der Waals surface area contributed by atoms with Crippen LogP contribution in [0.5, 0.6) is 0 Å². The van der Waals surface area contributed by atoms with Crippen molar-refractivity contribution in [1.29, 1.82) is 0 Å². The number of aliphatic carboxylic acids is 1. The number of thiophene rings is 1. The lowest BCUT2D eigenvalue weighted by molar-refractivity contribution is -0.131. The molecule has 2 N–H and O–H groups in total. The van der Waals surface area contributed by atoms with E-state index in [2.05, 4.69) is 5.32 Å². The molecule has 4 nitrogen and oxygen atoms in total. The minimum Gasteiger partial charge on any atom is -0.478 e. The first kappa shape index (κ1) is 14.8. The first-order valence-corrected chi connectivity index (χ1v) is 7.78. The fourth-order valence-corrected chi connectivity index (χ4v) is 3.21. The molecule has 2 rings (SSSR count). The lowest BCUT2D eigenvalue weighted by Crippen LogP contribution is -2.33. The average molecular weight is 293 g/mol. The molecule has 1 amide bonds. The zero-order valence-electron chi connectivity index (χ0n) is 11.3. The van der Waals surface area contributed by atoms with Crippen molar-refractivity contribution in [1.82, 2.24) is 5.32 Å². The highest BCUT2D eigenvalue weighted by Gasteiger charge is 2.16. The Morgan fingerprint density at radius 2 is 1.90 bits per heavy atom. The standard InChI is InChI=1S/C15H19NO3S/c17-14(18)10-8-12-7-9-13(20-12)15(19)16-11-5-3-1-2-4-6-11/h7-11H,1-6H2,(H,16,19)(H,17,18). The summed E-state index contributed by atoms with van der Waals surface area (Å²) in [5.74, 6) is -1.03. The molecule has 0 atom stereocenters. The van der Waals surface area contributed by atoms with Gasteiger partial charge in [-0.15, -0.1) is 11.3 Å². The van der Waals surface area contributed by atoms with Gasteiger partial charge in [0.15, 0.2) is 0 Å². The molecule has 108 valence electrons. The van der Waals surface area contributed by atoms with Crippen molar-refractivity contribution in [2.24, 2.45) is 0 Å². The topological polar surface area (TPSA) is 66.4 Å². The van der Waals surface area contributed by atoms with Crippen molar-refractivity contribution in [2.75, 3.05) is 0 Å². The van der Waals surface area contributed by atoms with E-state index in [0.29, 0.717) is 4.88 Å². The minimum atomic E-state index is -0.983. The number of hydrogen-bond donors (Lipinski definition) is 2. The molecule has 20 heavy (non-hydrogen) atoms. The Balaban J connectivity index is 1.93. The van der Waals surface area contributed by atoms with Gasteiger partial charge in [-0.1, -0.05) is 25.7 Å². The van der Waals surface area contributed by atoms with Crippen LogP contribution in [0.15, 0.2) is 18.2 Å². The first-order chi connectivity index (χ1) is 9.65. The quantitative estimate of drug-likeness (QED) is 0.661. The van der Waals surface area contributed by atoms with Gasteiger partial charge in [-0.2, -0.15) is 0 Å². The molecule has 0 saturated heterocycles. The maximum absolute atomic E-state index is 12.1. The summed E-state index contributed by atoms with van der Waals surface area (Å²) in [6.07, 6.45) is 9.59. The lowest BCUT2D eigenvalue weighted by atomic mass is 10.1. The molecule has 1 fully saturated rings. The fraction of sp³-hybridized carbons (Fsp3) is 0.467. The van der Waals surface area contributed by atoms with E-state index in [0.717, 1.165) is 23.8 Å². The molecule has 1 aliphatic rings. The van der Waals surface area contributed by atoms with Gasteiger partial charge in [-0.05, 0) is 31.1 Å². The van der Waals surface area contributed by atoms with E-state index in [-0.39, 0.29) is 11.9 Å². The van der Waals surface area contributed by atoms with Crippen molar-refractivity contribution in [3.8, 4) is 0 Å². The Bertz CT molecular complexity index is 499. The third kappa shape index (κ3) is 4.49. The highest BCUT2D eigenvalue weighted by molar-refractivity contribution is 7.14. The van der Waals surface area contributed by atoms with Crippen LogP contribution in [0.25, 0.3) is 6.08 Å². The third-order valence-corrected chi connectivity index (χ3v) is 4.48. The summed E-state index contributed by atoms with van der Waals surface area (Å²) in [4.78, 5) is 24.0. The molecule has 1 aromatic heterocycles. The van der Waals surface area contributed by atoms with E-state index < -0.39 is 5.97 Å². The Morgan fingerprint density at radius 3 is 2.55 bits per heavy atom. The predicted molar refractivity (Wildman–Crippen MR) is 79.9 cm³/mol. The largest absolute Gasteiger partial charge is 0.478 e. The molecule has 0 spiro atoms. The highest BCUT2D eigenvalue weighted by Crippen LogP contribution is 2.20. The Labute approximate surface area is 122 Å². The first-order valence-electron chi connectivity index (χ1n) is 6.97. The van der Waals surface area contributed by atoms with Crippen molar-refractivity contribution in [3.05, 3.63) is 28.0 Å². The van der Waals surface area contributed by atoms with Crippen LogP contribution in [0.3, 0.4) is 0 Å². The number of rotatable bonds is 4. The molecular formula is C15H19NO3S. The smallest absolute Gasteiger partial charge is 0.328 e. The zero-order valence-corrected chi connectivity index (χ0v) is 12.1. The maximum atomic E-state index is 12.1. The third-order valence-electron chi connectivity index (χ3n) is 3.43. The summed E-state index contributed by atoms with van der Waals surface area (Å²) in [7, 11) is 0. The van der Waals surface area contributed by atoms with Gasteiger partial charge in [-0.3, -0.25) is 4.79 Å². The number of nitrogens with one attached hydrogen (secondary N) is 1. The molecule has 0 radical (unpaired) electrons. The van der Waals surface area contributed by atoms with Gasteiger partial charge >= 0.3 is 5.97 Å². The molecule has 5 heteroatoms. The number of carboxylic acid groups (broad SMARTS) is 1. The summed E-state index contributed by atoms with van der Waals surface area (Å²) in [5.41, 5.74) is 0. The van der Waals surface area contributed by atoms with E-state index in [4.69, 9.17) is 5.11 Å². The second-order valence-corrected chi connectivity index (χ2v) is 6.15. The molecule has 1 aliphatic carbocycles. The van der Waals surface area contributed by atoms with Crippen molar-refractivity contribution in [2.45, 2.75) is 44.6 Å². The number of carbonyl (C=O) groups excluding carboxylic acids is 1. The average Bonchev–Trinajstić information content (AvgIpc) is 2.75. The van der Waals surface area contributed by atoms with E-state index in [1.54, 1.807) is 12.1 Å². The molecule has 0 aliphatic heterocycles. The summed E-state index contributed by atoms with van der Waals surface area (Å²) in [6, 6.07) is 3.80. The fourth-order valence-electron chi connectivity index (χ4n) is 2.40. The lowest BCUT2D eigenvalue weighted by Gasteiger charge is -2.15. The monoisotopic (exact) mass is 293 g/mol. The zero-order chi connectivity index (χ0) is 14.4. The van der Waals surface area contributed by atoms with Crippen molar-refractivity contribution >= 4 is 29.3 Å². The molecule has 1 saturated carbocycles.